The minimum Gasteiger partial charge on any atom is -0.317 e. The Balaban J connectivity index is 0. The van der Waals surface area contributed by atoms with Gasteiger partial charge in [-0.3, -0.25) is 0 Å². The molecule has 0 aromatic rings. The van der Waals surface area contributed by atoms with Crippen LogP contribution in [0.15, 0.2) is 0 Å². The third-order valence-electron chi connectivity index (χ3n) is 0.609. The van der Waals surface area contributed by atoms with E-state index in [1.165, 1.54) is 0 Å². The molecule has 0 saturated carbocycles. The lowest BCUT2D eigenvalue weighted by Crippen LogP contribution is -2.23. The molecule has 0 radical (unpaired) electrons. The molecule has 0 saturated heterocycles. The molecule has 0 rings (SSSR count). The Labute approximate surface area is 56.7 Å². The maximum absolute atomic E-state index is 8.15. The van der Waals surface area contributed by atoms with Crippen LogP contribution < -0.4 is 5.48 Å². The standard InChI is InChI=1S/C5H13NO.ClH/c1-5(2,3)4-6-7;/h6-7H,4H2,1-3H3;1H. The molecule has 0 heterocycles. The third-order valence-corrected chi connectivity index (χ3v) is 0.609. The van der Waals surface area contributed by atoms with E-state index in [4.69, 9.17) is 5.21 Å². The molecular formula is C5H14ClNO. The molecule has 2 nitrogen and oxygen atoms in total. The van der Waals surface area contributed by atoms with Gasteiger partial charge in [-0.2, -0.15) is 0 Å². The quantitative estimate of drug-likeness (QED) is 0.539. The van der Waals surface area contributed by atoms with E-state index in [0.29, 0.717) is 6.54 Å². The van der Waals surface area contributed by atoms with Crippen LogP contribution in [-0.2, 0) is 0 Å². The normalized spacial score (nSPS) is 10.5. The van der Waals surface area contributed by atoms with E-state index in [1.54, 1.807) is 0 Å². The molecule has 0 aliphatic carbocycles. The molecule has 0 unspecified atom stereocenters. The molecule has 0 amide bonds. The van der Waals surface area contributed by atoms with E-state index in [2.05, 4.69) is 26.3 Å². The van der Waals surface area contributed by atoms with Gasteiger partial charge < -0.3 is 5.21 Å². The fourth-order valence-electron chi connectivity index (χ4n) is 0.237. The lowest BCUT2D eigenvalue weighted by molar-refractivity contribution is 0.131. The summed E-state index contributed by atoms with van der Waals surface area (Å²) in [6.07, 6.45) is 0. The van der Waals surface area contributed by atoms with E-state index >= 15 is 0 Å². The van der Waals surface area contributed by atoms with E-state index < -0.39 is 0 Å². The molecule has 3 heteroatoms. The maximum Gasteiger partial charge on any atom is 0.0256 e. The molecule has 0 fully saturated rings. The predicted octanol–water partition coefficient (Wildman–Crippen LogP) is 1.43. The second-order valence-electron chi connectivity index (χ2n) is 2.90. The Hall–Kier alpha value is 0.210. The molecule has 0 aromatic carbocycles. The van der Waals surface area contributed by atoms with Crippen LogP contribution in [-0.4, -0.2) is 11.8 Å². The van der Waals surface area contributed by atoms with Crippen molar-refractivity contribution in [2.45, 2.75) is 20.8 Å². The SMILES string of the molecule is CC(C)(C)CNO.Cl. The summed E-state index contributed by atoms with van der Waals surface area (Å²) in [5, 5.41) is 8.15. The number of hydroxylamine groups is 1. The van der Waals surface area contributed by atoms with E-state index in [-0.39, 0.29) is 17.8 Å². The van der Waals surface area contributed by atoms with Crippen molar-refractivity contribution in [3.05, 3.63) is 0 Å². The largest absolute Gasteiger partial charge is 0.317 e. The fraction of sp³-hybridized carbons (Fsp3) is 1.00. The summed E-state index contributed by atoms with van der Waals surface area (Å²) in [6, 6.07) is 0. The van der Waals surface area contributed by atoms with Crippen LogP contribution in [0.3, 0.4) is 0 Å². The van der Waals surface area contributed by atoms with Gasteiger partial charge in [0.2, 0.25) is 0 Å². The average Bonchev–Trinajstić information content (AvgIpc) is 1.30. The van der Waals surface area contributed by atoms with Gasteiger partial charge in [-0.25, -0.2) is 5.48 Å². The summed E-state index contributed by atoms with van der Waals surface area (Å²) in [7, 11) is 0. The Kier molecular flexibility index (Phi) is 5.71. The highest BCUT2D eigenvalue weighted by Crippen LogP contribution is 2.09. The second kappa shape index (κ2) is 4.13. The Morgan fingerprint density at radius 3 is 1.75 bits per heavy atom. The first-order valence-electron chi connectivity index (χ1n) is 2.43. The van der Waals surface area contributed by atoms with Crippen LogP contribution in [0.1, 0.15) is 20.8 Å². The van der Waals surface area contributed by atoms with Crippen molar-refractivity contribution in [2.24, 2.45) is 5.41 Å². The average molecular weight is 140 g/mol. The van der Waals surface area contributed by atoms with Gasteiger partial charge in [0.05, 0.1) is 0 Å². The molecule has 0 atom stereocenters. The Morgan fingerprint density at radius 1 is 1.38 bits per heavy atom. The van der Waals surface area contributed by atoms with Crippen LogP contribution in [0.25, 0.3) is 0 Å². The first-order valence-corrected chi connectivity index (χ1v) is 2.43. The van der Waals surface area contributed by atoms with Crippen molar-refractivity contribution < 1.29 is 5.21 Å². The van der Waals surface area contributed by atoms with Crippen molar-refractivity contribution in [1.82, 2.24) is 5.48 Å². The topological polar surface area (TPSA) is 32.3 Å². The van der Waals surface area contributed by atoms with Gasteiger partial charge in [0, 0.05) is 6.54 Å². The van der Waals surface area contributed by atoms with Crippen LogP contribution in [0.5, 0.6) is 0 Å². The van der Waals surface area contributed by atoms with Gasteiger partial charge in [-0.05, 0) is 5.41 Å². The zero-order valence-corrected chi connectivity index (χ0v) is 6.38. The van der Waals surface area contributed by atoms with Gasteiger partial charge >= 0.3 is 0 Å². The smallest absolute Gasteiger partial charge is 0.0256 e. The molecule has 0 spiro atoms. The maximum atomic E-state index is 8.15. The van der Waals surface area contributed by atoms with Crippen molar-refractivity contribution in [3.8, 4) is 0 Å². The lowest BCUT2D eigenvalue weighted by atomic mass is 9.98. The van der Waals surface area contributed by atoms with Gasteiger partial charge in [-0.15, -0.1) is 12.4 Å². The monoisotopic (exact) mass is 139 g/mol. The van der Waals surface area contributed by atoms with Crippen LogP contribution in [0.4, 0.5) is 0 Å². The summed E-state index contributed by atoms with van der Waals surface area (Å²) in [6.45, 7) is 6.80. The number of nitrogens with one attached hydrogen (secondary N) is 1. The fourth-order valence-corrected chi connectivity index (χ4v) is 0.237. The van der Waals surface area contributed by atoms with Crippen molar-refractivity contribution in [2.75, 3.05) is 6.54 Å². The minimum atomic E-state index is 0. The summed E-state index contributed by atoms with van der Waals surface area (Å²) in [4.78, 5) is 0. The molecule has 0 bridgehead atoms. The third kappa shape index (κ3) is 9.51. The van der Waals surface area contributed by atoms with Gasteiger partial charge in [-0.1, -0.05) is 20.8 Å². The highest BCUT2D eigenvalue weighted by molar-refractivity contribution is 5.85. The molecule has 52 valence electrons. The second-order valence-corrected chi connectivity index (χ2v) is 2.90. The van der Waals surface area contributed by atoms with Gasteiger partial charge in [0.1, 0.15) is 0 Å². The summed E-state index contributed by atoms with van der Waals surface area (Å²) in [5.74, 6) is 0. The van der Waals surface area contributed by atoms with E-state index in [1.807, 2.05) is 0 Å². The summed E-state index contributed by atoms with van der Waals surface area (Å²) in [5.41, 5.74) is 2.30. The number of hydrogen-bond donors (Lipinski definition) is 2. The molecule has 0 aliphatic rings. The summed E-state index contributed by atoms with van der Waals surface area (Å²) < 4.78 is 0. The van der Waals surface area contributed by atoms with Crippen molar-refractivity contribution in [1.29, 1.82) is 0 Å². The van der Waals surface area contributed by atoms with Crippen LogP contribution >= 0.6 is 12.4 Å². The van der Waals surface area contributed by atoms with Crippen LogP contribution in [0, 0.1) is 5.41 Å². The minimum absolute atomic E-state index is 0. The molecular weight excluding hydrogens is 126 g/mol. The lowest BCUT2D eigenvalue weighted by Gasteiger charge is -2.15. The van der Waals surface area contributed by atoms with Crippen molar-refractivity contribution >= 4 is 12.4 Å². The first-order chi connectivity index (χ1) is 3.06. The molecule has 8 heavy (non-hydrogen) atoms. The van der Waals surface area contributed by atoms with Crippen LogP contribution in [0.2, 0.25) is 0 Å². The van der Waals surface area contributed by atoms with E-state index in [9.17, 15) is 0 Å². The molecule has 0 aliphatic heterocycles. The predicted molar refractivity (Wildman–Crippen MR) is 36.5 cm³/mol. The van der Waals surface area contributed by atoms with Gasteiger partial charge in [0.15, 0.2) is 0 Å². The van der Waals surface area contributed by atoms with E-state index in [0.717, 1.165) is 0 Å². The molecule has 2 N–H and O–H groups in total. The summed E-state index contributed by atoms with van der Waals surface area (Å²) >= 11 is 0. The Morgan fingerprint density at radius 2 is 1.75 bits per heavy atom. The highest BCUT2D eigenvalue weighted by atomic mass is 35.5. The zero-order chi connectivity index (χ0) is 5.91. The Bertz CT molecular complexity index is 50.9. The van der Waals surface area contributed by atoms with Gasteiger partial charge in [0.25, 0.3) is 0 Å². The zero-order valence-electron chi connectivity index (χ0n) is 5.56. The number of rotatable bonds is 1. The number of hydrogen-bond acceptors (Lipinski definition) is 2. The van der Waals surface area contributed by atoms with Crippen molar-refractivity contribution in [3.63, 3.8) is 0 Å². The number of halogens is 1. The highest BCUT2D eigenvalue weighted by Gasteiger charge is 2.06. The molecule has 0 aromatic heterocycles. The first kappa shape index (κ1) is 11.1.